The molecule has 5 nitrogen and oxygen atoms in total. The van der Waals surface area contributed by atoms with Crippen LogP contribution < -0.4 is 0 Å². The lowest BCUT2D eigenvalue weighted by atomic mass is 9.93. The Labute approximate surface area is 215 Å². The number of hydrogen-bond donors (Lipinski definition) is 2. The van der Waals surface area contributed by atoms with Crippen molar-refractivity contribution in [3.05, 3.63) is 94.7 Å². The van der Waals surface area contributed by atoms with Gasteiger partial charge in [0.25, 0.3) is 0 Å². The predicted molar refractivity (Wildman–Crippen MR) is 146 cm³/mol. The Hall–Kier alpha value is -3.50. The Morgan fingerprint density at radius 2 is 1.94 bits per heavy atom. The van der Waals surface area contributed by atoms with Crippen LogP contribution in [0.5, 0.6) is 0 Å². The molecule has 3 aromatic carbocycles. The number of aromatic carboxylic acids is 1. The van der Waals surface area contributed by atoms with Gasteiger partial charge < -0.3 is 10.1 Å². The number of aromatic amines is 1. The van der Waals surface area contributed by atoms with Crippen molar-refractivity contribution in [2.45, 2.75) is 25.6 Å². The van der Waals surface area contributed by atoms with Gasteiger partial charge in [0.15, 0.2) is 0 Å². The monoisotopic (exact) mass is 493 g/mol. The van der Waals surface area contributed by atoms with Gasteiger partial charge in [-0.1, -0.05) is 48.1 Å². The third kappa shape index (κ3) is 4.31. The summed E-state index contributed by atoms with van der Waals surface area (Å²) < 4.78 is 2.45. The highest BCUT2D eigenvalue weighted by Gasteiger charge is 2.31. The van der Waals surface area contributed by atoms with Crippen LogP contribution in [0.3, 0.4) is 0 Å². The SMILES string of the molecule is CSN1CCC(N2Cc3ccc(C#Cc4cccc(C(=O)O)c4-c4ccc5cc[nH]c5c4)cc3C2)C1. The van der Waals surface area contributed by atoms with Crippen LogP contribution in [0.1, 0.15) is 39.0 Å². The second-order valence-corrected chi connectivity index (χ2v) is 10.3. The normalized spacial score (nSPS) is 17.8. The number of rotatable bonds is 4. The van der Waals surface area contributed by atoms with Crippen molar-refractivity contribution in [2.75, 3.05) is 19.3 Å². The highest BCUT2D eigenvalue weighted by atomic mass is 32.2. The first-order valence-electron chi connectivity index (χ1n) is 12.2. The molecular formula is C30H27N3O2S. The first kappa shape index (κ1) is 22.9. The molecule has 1 saturated heterocycles. The number of carbonyl (C=O) groups is 1. The highest BCUT2D eigenvalue weighted by molar-refractivity contribution is 7.96. The van der Waals surface area contributed by atoms with E-state index in [9.17, 15) is 9.90 Å². The van der Waals surface area contributed by atoms with Gasteiger partial charge in [0.05, 0.1) is 5.56 Å². The molecule has 1 fully saturated rings. The molecular weight excluding hydrogens is 466 g/mol. The average molecular weight is 494 g/mol. The van der Waals surface area contributed by atoms with Crippen LogP contribution in [0.4, 0.5) is 0 Å². The van der Waals surface area contributed by atoms with Crippen molar-refractivity contribution < 1.29 is 9.90 Å². The van der Waals surface area contributed by atoms with Crippen LogP contribution in [0.25, 0.3) is 22.0 Å². The van der Waals surface area contributed by atoms with Crippen LogP contribution in [0, 0.1) is 11.8 Å². The van der Waals surface area contributed by atoms with Crippen molar-refractivity contribution in [3.63, 3.8) is 0 Å². The minimum absolute atomic E-state index is 0.258. The van der Waals surface area contributed by atoms with Gasteiger partial charge in [-0.3, -0.25) is 4.90 Å². The molecule has 1 unspecified atom stereocenters. The number of carboxylic acid groups (broad SMARTS) is 1. The van der Waals surface area contributed by atoms with Crippen LogP contribution >= 0.6 is 11.9 Å². The molecule has 36 heavy (non-hydrogen) atoms. The summed E-state index contributed by atoms with van der Waals surface area (Å²) in [5.74, 6) is 5.65. The summed E-state index contributed by atoms with van der Waals surface area (Å²) >= 11 is 1.84. The summed E-state index contributed by atoms with van der Waals surface area (Å²) in [4.78, 5) is 17.9. The third-order valence-electron chi connectivity index (χ3n) is 7.33. The zero-order valence-corrected chi connectivity index (χ0v) is 20.9. The molecule has 6 heteroatoms. The fourth-order valence-corrected chi connectivity index (χ4v) is 6.03. The lowest BCUT2D eigenvalue weighted by Crippen LogP contribution is -2.32. The van der Waals surface area contributed by atoms with E-state index < -0.39 is 5.97 Å². The van der Waals surface area contributed by atoms with Crippen molar-refractivity contribution in [2.24, 2.45) is 0 Å². The molecule has 2 aliphatic rings. The predicted octanol–water partition coefficient (Wildman–Crippen LogP) is 5.60. The molecule has 2 aliphatic heterocycles. The van der Waals surface area contributed by atoms with Crippen LogP contribution in [-0.2, 0) is 13.1 Å². The van der Waals surface area contributed by atoms with E-state index in [1.165, 1.54) is 17.5 Å². The third-order valence-corrected chi connectivity index (χ3v) is 8.18. The van der Waals surface area contributed by atoms with Gasteiger partial charge in [0.2, 0.25) is 0 Å². The van der Waals surface area contributed by atoms with Crippen LogP contribution in [0.2, 0.25) is 0 Å². The molecule has 3 heterocycles. The lowest BCUT2D eigenvalue weighted by Gasteiger charge is -2.23. The van der Waals surface area contributed by atoms with Crippen molar-refractivity contribution >= 4 is 28.8 Å². The van der Waals surface area contributed by atoms with E-state index in [4.69, 9.17) is 0 Å². The molecule has 6 rings (SSSR count). The molecule has 0 spiro atoms. The van der Waals surface area contributed by atoms with E-state index >= 15 is 0 Å². The Morgan fingerprint density at radius 3 is 2.78 bits per heavy atom. The van der Waals surface area contributed by atoms with Crippen molar-refractivity contribution in [1.29, 1.82) is 0 Å². The Balaban J connectivity index is 1.31. The van der Waals surface area contributed by atoms with E-state index in [-0.39, 0.29) is 5.56 Å². The number of nitrogens with one attached hydrogen (secondary N) is 1. The number of hydrogen-bond acceptors (Lipinski definition) is 4. The van der Waals surface area contributed by atoms with E-state index in [1.54, 1.807) is 12.1 Å². The average Bonchev–Trinajstić information content (AvgIpc) is 3.65. The van der Waals surface area contributed by atoms with Gasteiger partial charge >= 0.3 is 5.97 Å². The molecule has 0 amide bonds. The number of nitrogens with zero attached hydrogens (tertiary/aromatic N) is 2. The maximum atomic E-state index is 12.1. The molecule has 0 saturated carbocycles. The summed E-state index contributed by atoms with van der Waals surface area (Å²) in [7, 11) is 0. The summed E-state index contributed by atoms with van der Waals surface area (Å²) in [5.41, 5.74) is 7.13. The molecule has 0 bridgehead atoms. The second kappa shape index (κ2) is 9.51. The van der Waals surface area contributed by atoms with Gasteiger partial charge in [-0.15, -0.1) is 0 Å². The number of benzene rings is 3. The first-order chi connectivity index (χ1) is 17.6. The standard InChI is InChI=1S/C30H27N3O2S/c1-36-33-14-12-26(19-33)32-17-24-8-6-20(15-25(24)18-32)5-7-22-3-2-4-27(30(34)35)29(22)23-10-9-21-11-13-31-28(21)16-23/h2-4,6,8-11,13,15-16,26,31H,12,14,17-19H2,1H3,(H,34,35). The number of H-pyrrole nitrogens is 1. The Bertz CT molecular complexity index is 1530. The summed E-state index contributed by atoms with van der Waals surface area (Å²) in [5, 5.41) is 11.0. The van der Waals surface area contributed by atoms with E-state index in [2.05, 4.69) is 50.5 Å². The van der Waals surface area contributed by atoms with E-state index in [1.807, 2.05) is 48.5 Å². The zero-order valence-electron chi connectivity index (χ0n) is 20.1. The summed E-state index contributed by atoms with van der Waals surface area (Å²) in [6, 6.07) is 20.4. The van der Waals surface area contributed by atoms with E-state index in [0.717, 1.165) is 48.2 Å². The summed E-state index contributed by atoms with van der Waals surface area (Å²) in [6.45, 7) is 4.25. The summed E-state index contributed by atoms with van der Waals surface area (Å²) in [6.07, 6.45) is 5.26. The maximum Gasteiger partial charge on any atom is 0.336 e. The minimum atomic E-state index is -0.954. The van der Waals surface area contributed by atoms with Crippen molar-refractivity contribution in [1.82, 2.24) is 14.2 Å². The molecule has 180 valence electrons. The highest BCUT2D eigenvalue weighted by Crippen LogP contribution is 2.32. The topological polar surface area (TPSA) is 59.6 Å². The quantitative estimate of drug-likeness (QED) is 0.286. The number of carboxylic acids is 1. The molecule has 1 aromatic heterocycles. The number of aromatic nitrogens is 1. The molecule has 0 radical (unpaired) electrons. The zero-order chi connectivity index (χ0) is 24.6. The molecule has 0 aliphatic carbocycles. The first-order valence-corrected chi connectivity index (χ1v) is 13.4. The Kier molecular flexibility index (Phi) is 6.06. The maximum absolute atomic E-state index is 12.1. The van der Waals surface area contributed by atoms with Gasteiger partial charge in [-0.2, -0.15) is 0 Å². The second-order valence-electron chi connectivity index (χ2n) is 9.46. The van der Waals surface area contributed by atoms with E-state index in [0.29, 0.717) is 17.2 Å². The fraction of sp³-hybridized carbons (Fsp3) is 0.233. The van der Waals surface area contributed by atoms with Gasteiger partial charge in [-0.25, -0.2) is 9.10 Å². The van der Waals surface area contributed by atoms with Gasteiger partial charge in [0, 0.05) is 60.6 Å². The fourth-order valence-electron chi connectivity index (χ4n) is 5.42. The molecule has 1 atom stereocenters. The van der Waals surface area contributed by atoms with Crippen LogP contribution in [-0.4, -0.2) is 50.7 Å². The van der Waals surface area contributed by atoms with Crippen molar-refractivity contribution in [3.8, 4) is 23.0 Å². The van der Waals surface area contributed by atoms with Gasteiger partial charge in [0.1, 0.15) is 0 Å². The van der Waals surface area contributed by atoms with Crippen LogP contribution in [0.15, 0.2) is 66.9 Å². The lowest BCUT2D eigenvalue weighted by molar-refractivity contribution is 0.0697. The Morgan fingerprint density at radius 1 is 1.06 bits per heavy atom. The minimum Gasteiger partial charge on any atom is -0.478 e. The largest absolute Gasteiger partial charge is 0.478 e. The molecule has 4 aromatic rings. The number of fused-ring (bicyclic) bond motifs is 2. The molecule has 2 N–H and O–H groups in total. The smallest absolute Gasteiger partial charge is 0.336 e. The van der Waals surface area contributed by atoms with Gasteiger partial charge in [-0.05, 0) is 71.2 Å².